The van der Waals surface area contributed by atoms with E-state index in [9.17, 15) is 0 Å². The summed E-state index contributed by atoms with van der Waals surface area (Å²) in [4.78, 5) is 0. The van der Waals surface area contributed by atoms with Gasteiger partial charge in [-0.15, -0.1) is 0 Å². The summed E-state index contributed by atoms with van der Waals surface area (Å²) in [5.74, 6) is 2.56. The van der Waals surface area contributed by atoms with Gasteiger partial charge in [-0.05, 0) is 86.7 Å². The van der Waals surface area contributed by atoms with E-state index in [-0.39, 0.29) is 28.3 Å². The zero-order valence-electron chi connectivity index (χ0n) is 17.9. The Morgan fingerprint density at radius 1 is 0.900 bits per heavy atom. The monoisotopic (exact) mass is 442 g/mol. The van der Waals surface area contributed by atoms with Gasteiger partial charge in [-0.25, -0.2) is 0 Å². The SMILES string of the molecule is [CH2][C]1[C]([CH]c2ccccc2)CC(OCc2ccccc2)CC1(C)C.[CH]1[CH][CH][CH][CH]1.[Co]. The second kappa shape index (κ2) is 12.7. The molecule has 0 amide bonds. The molecule has 2 saturated carbocycles. The molecule has 2 aliphatic carbocycles. The predicted molar refractivity (Wildman–Crippen MR) is 121 cm³/mol. The van der Waals surface area contributed by atoms with Crippen LogP contribution in [0.3, 0.4) is 0 Å². The average Bonchev–Trinajstić information content (AvgIpc) is 3.32. The van der Waals surface area contributed by atoms with Crippen LogP contribution >= 0.6 is 0 Å². The van der Waals surface area contributed by atoms with E-state index in [1.807, 2.05) is 44.2 Å². The van der Waals surface area contributed by atoms with E-state index >= 15 is 0 Å². The number of hydrogen-bond acceptors (Lipinski definition) is 1. The fourth-order valence-corrected chi connectivity index (χ4v) is 3.69. The molecule has 4 rings (SSSR count). The first-order valence-corrected chi connectivity index (χ1v) is 10.3. The van der Waals surface area contributed by atoms with Crippen molar-refractivity contribution in [1.29, 1.82) is 0 Å². The zero-order valence-corrected chi connectivity index (χ0v) is 18.9. The third-order valence-electron chi connectivity index (χ3n) is 5.41. The molecule has 0 aliphatic heterocycles. The predicted octanol–water partition coefficient (Wildman–Crippen LogP) is 6.65. The van der Waals surface area contributed by atoms with Crippen LogP contribution in [0.25, 0.3) is 0 Å². The Morgan fingerprint density at radius 2 is 1.43 bits per heavy atom. The van der Waals surface area contributed by atoms with Crippen LogP contribution in [-0.2, 0) is 28.1 Å². The molecule has 0 heterocycles. The summed E-state index contributed by atoms with van der Waals surface area (Å²) in [7, 11) is 0. The van der Waals surface area contributed by atoms with Crippen molar-refractivity contribution in [2.45, 2.75) is 39.4 Å². The van der Waals surface area contributed by atoms with E-state index in [2.05, 4.69) is 75.7 Å². The van der Waals surface area contributed by atoms with Crippen molar-refractivity contribution in [2.75, 3.05) is 0 Å². The summed E-state index contributed by atoms with van der Waals surface area (Å²) in [6, 6.07) is 20.9. The van der Waals surface area contributed by atoms with Crippen molar-refractivity contribution in [1.82, 2.24) is 0 Å². The van der Waals surface area contributed by atoms with Gasteiger partial charge in [0.25, 0.3) is 0 Å². The van der Waals surface area contributed by atoms with Crippen LogP contribution in [0.4, 0.5) is 0 Å². The molecule has 0 N–H and O–H groups in total. The molecule has 30 heavy (non-hydrogen) atoms. The van der Waals surface area contributed by atoms with E-state index in [1.54, 1.807) is 0 Å². The number of ether oxygens (including phenoxy) is 1. The van der Waals surface area contributed by atoms with E-state index in [1.165, 1.54) is 23.0 Å². The molecule has 1 unspecified atom stereocenters. The average molecular weight is 442 g/mol. The molecular weight excluding hydrogens is 411 g/mol. The maximum Gasteiger partial charge on any atom is 0.0720 e. The van der Waals surface area contributed by atoms with Gasteiger partial charge in [-0.1, -0.05) is 74.5 Å². The maximum absolute atomic E-state index is 6.24. The van der Waals surface area contributed by atoms with Crippen LogP contribution in [0.15, 0.2) is 60.7 Å². The Bertz CT molecular complexity index is 685. The molecule has 1 nitrogen and oxygen atoms in total. The number of rotatable bonds is 5. The van der Waals surface area contributed by atoms with E-state index < -0.39 is 0 Å². The van der Waals surface area contributed by atoms with Crippen molar-refractivity contribution >= 4 is 0 Å². The van der Waals surface area contributed by atoms with Gasteiger partial charge in [0.15, 0.2) is 0 Å². The van der Waals surface area contributed by atoms with E-state index in [0.29, 0.717) is 6.61 Å². The Labute approximate surface area is 195 Å². The van der Waals surface area contributed by atoms with Gasteiger partial charge < -0.3 is 4.74 Å². The molecule has 2 aliphatic rings. The Hall–Kier alpha value is -1.09. The molecule has 0 bridgehead atoms. The van der Waals surface area contributed by atoms with Crippen molar-refractivity contribution in [3.8, 4) is 0 Å². The molecule has 0 spiro atoms. The fourth-order valence-electron chi connectivity index (χ4n) is 3.69. The zero-order chi connectivity index (χ0) is 20.5. The summed E-state index contributed by atoms with van der Waals surface area (Å²) in [6.45, 7) is 9.59. The van der Waals surface area contributed by atoms with Crippen LogP contribution in [0, 0.1) is 62.7 Å². The Kier molecular flexibility index (Phi) is 10.6. The number of hydrogen-bond donors (Lipinski definition) is 0. The summed E-state index contributed by atoms with van der Waals surface area (Å²) in [6.07, 6.45) is 14.5. The first-order chi connectivity index (χ1) is 14.0. The van der Waals surface area contributed by atoms with Crippen LogP contribution in [0.1, 0.15) is 37.8 Å². The maximum atomic E-state index is 6.24. The minimum Gasteiger partial charge on any atom is -0.374 e. The topological polar surface area (TPSA) is 9.23 Å². The largest absolute Gasteiger partial charge is 0.374 e. The minimum absolute atomic E-state index is 0. The summed E-state index contributed by atoms with van der Waals surface area (Å²) in [5.41, 5.74) is 2.53. The molecule has 2 heteroatoms. The van der Waals surface area contributed by atoms with Gasteiger partial charge in [0.2, 0.25) is 0 Å². The van der Waals surface area contributed by atoms with Crippen molar-refractivity contribution in [3.05, 3.63) is 129 Å². The Morgan fingerprint density at radius 3 is 2.00 bits per heavy atom. The summed E-state index contributed by atoms with van der Waals surface area (Å²) < 4.78 is 6.24. The third kappa shape index (κ3) is 7.87. The van der Waals surface area contributed by atoms with E-state index in [0.717, 1.165) is 12.8 Å². The van der Waals surface area contributed by atoms with Gasteiger partial charge in [0.1, 0.15) is 0 Å². The normalized spacial score (nSPS) is 21.4. The van der Waals surface area contributed by atoms with Crippen molar-refractivity contribution in [2.24, 2.45) is 5.41 Å². The standard InChI is InChI=1S/C23H26O.C5H5.Co/c1-18-21(14-19-10-6-4-7-11-19)15-22(16-23(18,2)3)24-17-20-12-8-5-9-13-20;1-2-4-5-3-1;/h4-14,22H,1,15-17H2,2-3H3;1-5H;. The molecule has 0 saturated heterocycles. The van der Waals surface area contributed by atoms with Gasteiger partial charge in [0, 0.05) is 16.8 Å². The molecule has 1 atom stereocenters. The van der Waals surface area contributed by atoms with Crippen LogP contribution < -0.4 is 0 Å². The Balaban J connectivity index is 0.000000468. The van der Waals surface area contributed by atoms with Gasteiger partial charge in [0.05, 0.1) is 12.7 Å². The van der Waals surface area contributed by atoms with Crippen LogP contribution in [0.5, 0.6) is 0 Å². The van der Waals surface area contributed by atoms with E-state index in [4.69, 9.17) is 4.74 Å². The molecule has 2 aromatic rings. The second-order valence-corrected chi connectivity index (χ2v) is 8.23. The van der Waals surface area contributed by atoms with Crippen LogP contribution in [-0.4, -0.2) is 6.10 Å². The summed E-state index contributed by atoms with van der Waals surface area (Å²) >= 11 is 0. The van der Waals surface area contributed by atoms with Gasteiger partial charge in [-0.3, -0.25) is 0 Å². The first kappa shape index (κ1) is 25.2. The van der Waals surface area contributed by atoms with Crippen molar-refractivity contribution in [3.63, 3.8) is 0 Å². The molecule has 2 fully saturated rings. The van der Waals surface area contributed by atoms with Crippen molar-refractivity contribution < 1.29 is 21.5 Å². The quantitative estimate of drug-likeness (QED) is 0.504. The third-order valence-corrected chi connectivity index (χ3v) is 5.41. The fraction of sp³-hybridized carbons (Fsp3) is 0.250. The minimum atomic E-state index is 0. The molecule has 158 valence electrons. The van der Waals surface area contributed by atoms with Gasteiger partial charge in [-0.2, -0.15) is 0 Å². The smallest absolute Gasteiger partial charge is 0.0720 e. The number of benzene rings is 2. The van der Waals surface area contributed by atoms with Gasteiger partial charge >= 0.3 is 0 Å². The molecule has 2 aromatic carbocycles. The first-order valence-electron chi connectivity index (χ1n) is 10.3. The molecule has 0 aromatic heterocycles. The molecule has 10 radical (unpaired) electrons. The summed E-state index contributed by atoms with van der Waals surface area (Å²) in [5, 5.41) is 0. The van der Waals surface area contributed by atoms with Crippen LogP contribution in [0.2, 0.25) is 0 Å². The second-order valence-electron chi connectivity index (χ2n) is 8.23. The molecular formula is C28H31CoO.